The van der Waals surface area contributed by atoms with E-state index in [9.17, 15) is 136 Å². The summed E-state index contributed by atoms with van der Waals surface area (Å²) in [6.45, 7) is -1.74. The Labute approximate surface area is 772 Å². The molecule has 0 aromatic carbocycles. The zero-order valence-corrected chi connectivity index (χ0v) is 77.0. The van der Waals surface area contributed by atoms with Crippen LogP contribution >= 0.6 is 0 Å². The number of hydrogen-bond acceptors (Lipinski definition) is 37. The second-order valence-electron chi connectivity index (χ2n) is 36.0. The lowest BCUT2D eigenvalue weighted by Gasteiger charge is -2.53. The molecule has 6 aliphatic heterocycles. The number of allylic oxidation sites excluding steroid dienone is 3. The molecule has 0 radical (unpaired) electrons. The van der Waals surface area contributed by atoms with E-state index in [0.29, 0.717) is 12.8 Å². The van der Waals surface area contributed by atoms with Crippen LogP contribution < -0.4 is 16.0 Å². The number of hydrogen-bond donors (Lipinski definition) is 25. The highest BCUT2D eigenvalue weighted by molar-refractivity contribution is 5.77. The van der Waals surface area contributed by atoms with Crippen molar-refractivity contribution in [3.63, 3.8) is 0 Å². The Morgan fingerprint density at radius 2 is 0.773 bits per heavy atom. The summed E-state index contributed by atoms with van der Waals surface area (Å²) in [4.78, 5) is 67.1. The van der Waals surface area contributed by atoms with Gasteiger partial charge < -0.3 is 185 Å². The Morgan fingerprint density at radius 3 is 1.24 bits per heavy atom. The predicted molar refractivity (Wildman–Crippen MR) is 465 cm³/mol. The SMILES string of the molecule is CCCCCCCC/C=C\CCCCCCCCCCCCCCCC(=O)N[C@@H](CO[C@@H]1OC(CO)[C@@H](O[C@@H]2OC(CO)[C@H](O[C@@H]3OC(CO)[C@H](O)[C@H](O[C@@H]4OC(CO)[C@H](O)[C@H](O[C@]5(C(=O)O)CC(O)[C@@H](O)C([C@H](O)[C@H](O)CO)O5)C4O)C3NC(C)=O)[C@H](O[C@]3(C(=O)O)CC(O)[C@@H](NC(C)=O)C([C@H](O)[C@H](O)CO)O3)C2O)[C@H](O)C1O)[C@H](O)/C=C/CCCCCCCCCCCCC. The van der Waals surface area contributed by atoms with Gasteiger partial charge in [-0.3, -0.25) is 14.4 Å². The molecule has 0 aromatic heterocycles. The van der Waals surface area contributed by atoms with E-state index in [1.54, 1.807) is 6.08 Å². The van der Waals surface area contributed by atoms with Crippen molar-refractivity contribution in [1.82, 2.24) is 16.0 Å². The van der Waals surface area contributed by atoms with Gasteiger partial charge in [-0.05, 0) is 44.9 Å². The number of carbonyl (C=O) groups is 5. The van der Waals surface area contributed by atoms with Crippen molar-refractivity contribution in [2.24, 2.45) is 0 Å². The predicted octanol–water partition coefficient (Wildman–Crippen LogP) is -1.12. The maximum Gasteiger partial charge on any atom is 0.364 e. The number of nitrogens with one attached hydrogen (secondary N) is 3. The van der Waals surface area contributed by atoms with Gasteiger partial charge in [-0.25, -0.2) is 9.59 Å². The zero-order valence-electron chi connectivity index (χ0n) is 77.0. The van der Waals surface area contributed by atoms with Crippen LogP contribution in [0.1, 0.15) is 259 Å². The largest absolute Gasteiger partial charge is 0.477 e. The van der Waals surface area contributed by atoms with Gasteiger partial charge in [-0.1, -0.05) is 205 Å². The third-order valence-electron chi connectivity index (χ3n) is 25.3. The molecule has 768 valence electrons. The van der Waals surface area contributed by atoms with Gasteiger partial charge in [0.2, 0.25) is 17.7 Å². The molecule has 0 saturated carbocycles. The van der Waals surface area contributed by atoms with Crippen molar-refractivity contribution in [3.05, 3.63) is 24.3 Å². The molecule has 34 atom stereocenters. The molecule has 3 amide bonds. The van der Waals surface area contributed by atoms with Crippen LogP contribution in [0.3, 0.4) is 0 Å². The van der Waals surface area contributed by atoms with E-state index in [-0.39, 0.29) is 6.42 Å². The number of aliphatic hydroxyl groups excluding tert-OH is 20. The number of aliphatic hydroxyl groups is 20. The molecule has 25 N–H and O–H groups in total. The lowest BCUT2D eigenvalue weighted by molar-refractivity contribution is -0.405. The highest BCUT2D eigenvalue weighted by Crippen LogP contribution is 2.43. The molecule has 6 heterocycles. The Balaban J connectivity index is 1.23. The fourth-order valence-electron chi connectivity index (χ4n) is 17.6. The smallest absolute Gasteiger partial charge is 0.364 e. The molecule has 0 bridgehead atoms. The van der Waals surface area contributed by atoms with E-state index in [1.165, 1.54) is 134 Å². The van der Waals surface area contributed by atoms with Crippen LogP contribution in [0, 0.1) is 0 Å². The zero-order chi connectivity index (χ0) is 97.2. The van der Waals surface area contributed by atoms with Gasteiger partial charge in [0.25, 0.3) is 11.6 Å². The number of ether oxygens (including phenoxy) is 12. The molecule has 0 spiro atoms. The van der Waals surface area contributed by atoms with E-state index in [2.05, 4.69) is 41.9 Å². The molecule has 42 heteroatoms. The van der Waals surface area contributed by atoms with Crippen LogP contribution in [0.15, 0.2) is 24.3 Å². The molecule has 6 fully saturated rings. The van der Waals surface area contributed by atoms with E-state index >= 15 is 0 Å². The first-order chi connectivity index (χ1) is 63.2. The Hall–Kier alpha value is -4.45. The second-order valence-corrected chi connectivity index (χ2v) is 36.0. The van der Waals surface area contributed by atoms with Gasteiger partial charge >= 0.3 is 11.9 Å². The number of aliphatic carboxylic acids is 2. The fraction of sp³-hybridized carbons (Fsp3) is 0.900. The van der Waals surface area contributed by atoms with Gasteiger partial charge in [0.1, 0.15) is 140 Å². The molecule has 42 nitrogen and oxygen atoms in total. The fourth-order valence-corrected chi connectivity index (χ4v) is 17.6. The van der Waals surface area contributed by atoms with Crippen molar-refractivity contribution < 1.29 is 193 Å². The van der Waals surface area contributed by atoms with Crippen LogP contribution in [0.25, 0.3) is 0 Å². The number of carboxylic acids is 2. The average Bonchev–Trinajstić information content (AvgIpc) is 0.747. The van der Waals surface area contributed by atoms with E-state index < -0.39 is 296 Å². The van der Waals surface area contributed by atoms with Gasteiger partial charge in [0, 0.05) is 33.1 Å². The first-order valence-electron chi connectivity index (χ1n) is 47.9. The third-order valence-corrected chi connectivity index (χ3v) is 25.3. The molecular weight excluding hydrogens is 1750 g/mol. The first-order valence-corrected chi connectivity index (χ1v) is 47.9. The molecular formula is C90H159N3O39. The highest BCUT2D eigenvalue weighted by atomic mass is 16.8. The minimum absolute atomic E-state index is 0.0947. The van der Waals surface area contributed by atoms with Crippen molar-refractivity contribution in [2.75, 3.05) is 46.2 Å². The monoisotopic (exact) mass is 1910 g/mol. The summed E-state index contributed by atoms with van der Waals surface area (Å²) < 4.78 is 72.0. The number of unbranched alkanes of at least 4 members (excludes halogenated alkanes) is 30. The third kappa shape index (κ3) is 35.4. The van der Waals surface area contributed by atoms with Crippen LogP contribution in [0.2, 0.25) is 0 Å². The molecule has 0 aromatic rings. The van der Waals surface area contributed by atoms with Gasteiger partial charge in [0.05, 0.1) is 76.6 Å². The molecule has 6 rings (SSSR count). The summed E-state index contributed by atoms with van der Waals surface area (Å²) in [6.07, 6.45) is -22.4. The summed E-state index contributed by atoms with van der Waals surface area (Å²) in [6, 6.07) is -5.18. The number of carbonyl (C=O) groups excluding carboxylic acids is 3. The van der Waals surface area contributed by atoms with Crippen LogP contribution in [0.4, 0.5) is 0 Å². The number of carboxylic acid groups (broad SMARTS) is 2. The quantitative estimate of drug-likeness (QED) is 0.0253. The summed E-state index contributed by atoms with van der Waals surface area (Å²) in [7, 11) is 0. The van der Waals surface area contributed by atoms with E-state index in [1.807, 2.05) is 0 Å². The van der Waals surface area contributed by atoms with Gasteiger partial charge in [-0.2, -0.15) is 0 Å². The van der Waals surface area contributed by atoms with Crippen molar-refractivity contribution in [1.29, 1.82) is 0 Å². The van der Waals surface area contributed by atoms with Crippen LogP contribution in [-0.2, 0) is 80.8 Å². The number of rotatable bonds is 65. The standard InChI is InChI=1S/C90H159N3O39/c1-5-7-9-11-13-15-17-19-20-21-22-23-24-25-26-27-28-30-32-34-36-38-40-42-64(107)93-54(55(102)41-39-37-35-33-31-29-18-16-14-12-10-8-6-2)51-121-84-73(114)72(113)76(62(49-98)124-84)126-86-75(116)82(132-89(87(117)118)43-56(103)65(91-52(3)100)79(129-89)68(109)58(105)45-94)77(63(50-99)125-86)127-83-66(92-53(4)101)78(70(111)60(47-96)122-83)128-85-74(115)81(71(112)61(48-97)123-85)131-90(88(119)120)44-57(104)67(108)80(130-90)69(110)59(106)46-95/h19-20,39,41,54-63,65-86,94-99,102-106,108-116H,5-18,21-38,40,42-51H2,1-4H3,(H,91,100)(H,92,101)(H,93,107)(H,117,118)(H,119,120)/b20-19-,41-39+/t54-,55+,56?,57?,58+,59+,60?,61?,62?,63?,65+,66?,67+,68+,69+,70-,71-,72+,73?,74?,75?,76+,77-,78+,79?,80?,81-,82+,83-,84+,85-,86-,89-,90-/m0/s1. The average molecular weight is 1910 g/mol. The lowest BCUT2D eigenvalue weighted by atomic mass is 9.88. The van der Waals surface area contributed by atoms with E-state index in [0.717, 1.165) is 84.5 Å². The molecule has 6 saturated heterocycles. The minimum Gasteiger partial charge on any atom is -0.477 e. The Morgan fingerprint density at radius 1 is 0.394 bits per heavy atom. The summed E-state index contributed by atoms with van der Waals surface area (Å²) in [5, 5.41) is 254. The topological polar surface area (TPSA) is 677 Å². The summed E-state index contributed by atoms with van der Waals surface area (Å²) >= 11 is 0. The highest BCUT2D eigenvalue weighted by Gasteiger charge is 2.64. The molecule has 132 heavy (non-hydrogen) atoms. The van der Waals surface area contributed by atoms with Crippen LogP contribution in [-0.4, -0.2) is 396 Å². The Kier molecular flexibility index (Phi) is 53.9. The molecule has 12 unspecified atom stereocenters. The molecule has 0 aliphatic carbocycles. The van der Waals surface area contributed by atoms with E-state index in [4.69, 9.17) is 56.8 Å². The van der Waals surface area contributed by atoms with Crippen LogP contribution in [0.5, 0.6) is 0 Å². The van der Waals surface area contributed by atoms with Crippen molar-refractivity contribution in [3.8, 4) is 0 Å². The second kappa shape index (κ2) is 61.2. The number of amides is 3. The maximum absolute atomic E-state index is 14.0. The van der Waals surface area contributed by atoms with Crippen molar-refractivity contribution >= 4 is 29.7 Å². The van der Waals surface area contributed by atoms with Gasteiger partial charge in [0.15, 0.2) is 25.2 Å². The summed E-state index contributed by atoms with van der Waals surface area (Å²) in [5.41, 5.74) is 0. The normalized spacial score (nSPS) is 34.4. The minimum atomic E-state index is -3.50. The van der Waals surface area contributed by atoms with Gasteiger partial charge in [-0.15, -0.1) is 0 Å². The molecule has 6 aliphatic rings. The van der Waals surface area contributed by atoms with Crippen molar-refractivity contribution in [2.45, 2.75) is 466 Å². The Bertz CT molecular complexity index is 3270. The summed E-state index contributed by atoms with van der Waals surface area (Å²) in [5.74, 6) is -13.6. The first kappa shape index (κ1) is 116. The maximum atomic E-state index is 14.0. The lowest BCUT2D eigenvalue weighted by Crippen LogP contribution is -2.72.